The Morgan fingerprint density at radius 2 is 1.80 bits per heavy atom. The highest BCUT2D eigenvalue weighted by Gasteiger charge is 2.44. The fourth-order valence-corrected chi connectivity index (χ4v) is 9.79. The van der Waals surface area contributed by atoms with Crippen LogP contribution in [0.3, 0.4) is 0 Å². The standard InChI is InChI=1S/C37H60N4O5/c1-24-33(43)13-12-32(40-24)30-11-10-27-9-4-3-5-15-37(46,22-35(44)45)23-39-36(2)20-28(41-34(38)21-36)18-25-7-6-8-26(17-25)19-31(27)29(30)14-16-42/h6-8,16-17,24,27-34,39-41,43,46H,3-5,9-15,18-23,38H2,1-2H3,(H,44,45). The normalized spacial score (nSPS) is 41.4. The number of nitrogens with one attached hydrogen (secondary N) is 3. The van der Waals surface area contributed by atoms with Gasteiger partial charge in [-0.05, 0) is 106 Å². The summed E-state index contributed by atoms with van der Waals surface area (Å²) in [4.78, 5) is 24.0. The number of nitrogens with two attached hydrogens (primary N) is 1. The minimum Gasteiger partial charge on any atom is -0.481 e. The molecule has 0 amide bonds. The van der Waals surface area contributed by atoms with E-state index in [-0.39, 0.29) is 48.8 Å². The zero-order chi connectivity index (χ0) is 32.9. The molecule has 0 radical (unpaired) electrons. The number of aliphatic hydroxyl groups is 2. The van der Waals surface area contributed by atoms with Crippen molar-refractivity contribution in [1.82, 2.24) is 16.0 Å². The number of carbonyl (C=O) groups is 2. The monoisotopic (exact) mass is 640 g/mol. The third-order valence-corrected chi connectivity index (χ3v) is 12.1. The molecule has 9 heteroatoms. The molecule has 0 spiro atoms. The second-order valence-electron chi connectivity index (χ2n) is 15.9. The van der Waals surface area contributed by atoms with Crippen LogP contribution in [0.5, 0.6) is 0 Å². The van der Waals surface area contributed by atoms with Gasteiger partial charge in [-0.15, -0.1) is 0 Å². The number of carboxylic acids is 1. The summed E-state index contributed by atoms with van der Waals surface area (Å²) in [6.07, 6.45) is 12.5. The summed E-state index contributed by atoms with van der Waals surface area (Å²) in [5.41, 5.74) is 7.48. The summed E-state index contributed by atoms with van der Waals surface area (Å²) < 4.78 is 0. The number of benzene rings is 1. The minimum absolute atomic E-state index is 0.0636. The summed E-state index contributed by atoms with van der Waals surface area (Å²) in [5.74, 6) is 0.615. The molecule has 1 saturated carbocycles. The van der Waals surface area contributed by atoms with Crippen molar-refractivity contribution in [2.45, 2.75) is 152 Å². The fraction of sp³-hybridized carbons (Fsp3) is 0.784. The number of aliphatic carboxylic acids is 1. The highest BCUT2D eigenvalue weighted by molar-refractivity contribution is 5.68. The van der Waals surface area contributed by atoms with E-state index in [4.69, 9.17) is 5.73 Å². The van der Waals surface area contributed by atoms with E-state index in [0.29, 0.717) is 43.1 Å². The number of carbonyl (C=O) groups excluding carboxylic acids is 1. The van der Waals surface area contributed by atoms with Crippen molar-refractivity contribution in [2.75, 3.05) is 6.54 Å². The zero-order valence-corrected chi connectivity index (χ0v) is 28.1. The number of fused-ring (bicyclic) bond motifs is 5. The maximum atomic E-state index is 12.2. The predicted octanol–water partition coefficient (Wildman–Crippen LogP) is 3.68. The summed E-state index contributed by atoms with van der Waals surface area (Å²) in [7, 11) is 0. The summed E-state index contributed by atoms with van der Waals surface area (Å²) in [6.45, 7) is 4.45. The Bertz CT molecular complexity index is 1170. The van der Waals surface area contributed by atoms with Crippen LogP contribution < -0.4 is 21.7 Å². The summed E-state index contributed by atoms with van der Waals surface area (Å²) >= 11 is 0. The Kier molecular flexibility index (Phi) is 12.0. The predicted molar refractivity (Wildman–Crippen MR) is 180 cm³/mol. The average molecular weight is 641 g/mol. The van der Waals surface area contributed by atoms with Crippen LogP contribution in [0, 0.1) is 23.7 Å². The van der Waals surface area contributed by atoms with Gasteiger partial charge in [-0.25, -0.2) is 0 Å². The topological polar surface area (TPSA) is 157 Å². The van der Waals surface area contributed by atoms with Crippen LogP contribution in [-0.2, 0) is 22.4 Å². The maximum Gasteiger partial charge on any atom is 0.306 e. The molecule has 5 rings (SSSR count). The SMILES string of the molecule is CC1NC(C2CCC3CCCCCC(O)(CC(=O)O)CNC4(C)CC(N)NC(Cc5cccc(c5)CC3C2CC=O)C4)CCC1O. The van der Waals surface area contributed by atoms with E-state index >= 15 is 0 Å². The molecule has 4 aliphatic rings. The molecule has 11 unspecified atom stereocenters. The fourth-order valence-electron chi connectivity index (χ4n) is 9.79. The van der Waals surface area contributed by atoms with Gasteiger partial charge in [0.05, 0.1) is 24.3 Å². The Balaban J connectivity index is 1.42. The smallest absolute Gasteiger partial charge is 0.306 e. The van der Waals surface area contributed by atoms with Crippen LogP contribution >= 0.6 is 0 Å². The Morgan fingerprint density at radius 3 is 2.54 bits per heavy atom. The van der Waals surface area contributed by atoms with Crippen LogP contribution in [0.2, 0.25) is 0 Å². The van der Waals surface area contributed by atoms with Crippen LogP contribution in [-0.4, -0.2) is 75.7 Å². The lowest BCUT2D eigenvalue weighted by molar-refractivity contribution is -0.143. The molecule has 4 bridgehead atoms. The molecule has 1 aromatic carbocycles. The van der Waals surface area contributed by atoms with Gasteiger partial charge in [0.25, 0.3) is 0 Å². The van der Waals surface area contributed by atoms with E-state index in [0.717, 1.165) is 76.9 Å². The number of piperidine rings is 2. The van der Waals surface area contributed by atoms with Gasteiger partial charge in [-0.1, -0.05) is 49.9 Å². The lowest BCUT2D eigenvalue weighted by Gasteiger charge is -2.48. The van der Waals surface area contributed by atoms with Gasteiger partial charge < -0.3 is 36.5 Å². The van der Waals surface area contributed by atoms with Gasteiger partial charge in [0.2, 0.25) is 0 Å². The quantitative estimate of drug-likeness (QED) is 0.239. The lowest BCUT2D eigenvalue weighted by Crippen LogP contribution is -2.63. The molecular weight excluding hydrogens is 580 g/mol. The van der Waals surface area contributed by atoms with Crippen molar-refractivity contribution in [3.8, 4) is 0 Å². The molecule has 1 aliphatic carbocycles. The van der Waals surface area contributed by atoms with Crippen LogP contribution in [0.25, 0.3) is 0 Å². The van der Waals surface area contributed by atoms with E-state index in [2.05, 4.69) is 54.1 Å². The van der Waals surface area contributed by atoms with Gasteiger partial charge >= 0.3 is 5.97 Å². The number of β-amino-alcohol motifs (C(OH)–C–C–N with tert-alkyl or cyclic N) is 1. The molecule has 8 N–H and O–H groups in total. The number of rotatable bonds is 5. The third kappa shape index (κ3) is 9.17. The number of carboxylic acid groups (broad SMARTS) is 1. The Hall–Kier alpha value is -1.88. The zero-order valence-electron chi connectivity index (χ0n) is 28.1. The van der Waals surface area contributed by atoms with Crippen LogP contribution in [0.1, 0.15) is 108 Å². The maximum absolute atomic E-state index is 12.2. The van der Waals surface area contributed by atoms with Crippen LogP contribution in [0.4, 0.5) is 0 Å². The summed E-state index contributed by atoms with van der Waals surface area (Å²) in [6, 6.07) is 9.51. The first-order valence-corrected chi connectivity index (χ1v) is 18.1. The minimum atomic E-state index is -1.31. The van der Waals surface area contributed by atoms with E-state index in [9.17, 15) is 24.9 Å². The molecule has 9 nitrogen and oxygen atoms in total. The van der Waals surface area contributed by atoms with Gasteiger partial charge in [-0.2, -0.15) is 0 Å². The molecular formula is C37H60N4O5. The molecule has 3 fully saturated rings. The van der Waals surface area contributed by atoms with Crippen molar-refractivity contribution >= 4 is 12.3 Å². The van der Waals surface area contributed by atoms with E-state index in [1.165, 1.54) is 11.1 Å². The highest BCUT2D eigenvalue weighted by Crippen LogP contribution is 2.47. The lowest BCUT2D eigenvalue weighted by atomic mass is 9.60. The van der Waals surface area contributed by atoms with Crippen molar-refractivity contribution in [3.05, 3.63) is 35.4 Å². The highest BCUT2D eigenvalue weighted by atomic mass is 16.4. The van der Waals surface area contributed by atoms with Gasteiger partial charge in [0.1, 0.15) is 6.29 Å². The van der Waals surface area contributed by atoms with Crippen molar-refractivity contribution in [2.24, 2.45) is 29.4 Å². The Labute approximate surface area is 275 Å². The van der Waals surface area contributed by atoms with Crippen molar-refractivity contribution < 1.29 is 24.9 Å². The molecule has 3 heterocycles. The van der Waals surface area contributed by atoms with E-state index in [1.807, 2.05) is 0 Å². The molecule has 11 atom stereocenters. The van der Waals surface area contributed by atoms with Crippen LogP contribution in [0.15, 0.2) is 24.3 Å². The molecule has 0 aromatic heterocycles. The first kappa shape index (κ1) is 35.4. The third-order valence-electron chi connectivity index (χ3n) is 12.1. The molecule has 46 heavy (non-hydrogen) atoms. The molecule has 258 valence electrons. The number of aliphatic hydroxyl groups excluding tert-OH is 1. The van der Waals surface area contributed by atoms with Crippen molar-refractivity contribution in [1.29, 1.82) is 0 Å². The van der Waals surface area contributed by atoms with Crippen molar-refractivity contribution in [3.63, 3.8) is 0 Å². The molecule has 2 saturated heterocycles. The van der Waals surface area contributed by atoms with Gasteiger partial charge in [-0.3, -0.25) is 10.1 Å². The molecule has 3 aliphatic heterocycles. The number of hydrogen-bond donors (Lipinski definition) is 7. The number of aldehydes is 1. The first-order valence-electron chi connectivity index (χ1n) is 18.1. The number of hydrogen-bond acceptors (Lipinski definition) is 8. The van der Waals surface area contributed by atoms with Gasteiger partial charge in [0.15, 0.2) is 0 Å². The largest absolute Gasteiger partial charge is 0.481 e. The first-order chi connectivity index (χ1) is 22.0. The van der Waals surface area contributed by atoms with E-state index in [1.54, 1.807) is 0 Å². The van der Waals surface area contributed by atoms with E-state index < -0.39 is 11.6 Å². The van der Waals surface area contributed by atoms with Gasteiger partial charge in [0, 0.05) is 36.6 Å². The Morgan fingerprint density at radius 1 is 1.02 bits per heavy atom. The molecule has 1 aromatic rings. The second kappa shape index (κ2) is 15.6. The average Bonchev–Trinajstić information content (AvgIpc) is 2.98. The second-order valence-corrected chi connectivity index (χ2v) is 15.9. The summed E-state index contributed by atoms with van der Waals surface area (Å²) in [5, 5.41) is 42.5.